The van der Waals surface area contributed by atoms with Crippen LogP contribution in [0.15, 0.2) is 35.5 Å². The van der Waals surface area contributed by atoms with Gasteiger partial charge in [-0.05, 0) is 24.6 Å². The minimum atomic E-state index is -0.576. The smallest absolute Gasteiger partial charge is 0.251 e. The molecule has 2 amide bonds. The van der Waals surface area contributed by atoms with E-state index in [2.05, 4.69) is 25.9 Å². The second-order valence-electron chi connectivity index (χ2n) is 5.81. The molecule has 2 rings (SSSR count). The van der Waals surface area contributed by atoms with E-state index in [9.17, 15) is 9.59 Å². The monoisotopic (exact) mass is 516 g/mol. The number of aromatic nitrogens is 1. The SMILES string of the molecule is CN=C(NCCc1ncc(C)s1)NCc1ccc(C(=O)NCC(N)=O)cc1.I. The predicted molar refractivity (Wildman–Crippen MR) is 122 cm³/mol. The third kappa shape index (κ3) is 8.21. The van der Waals surface area contributed by atoms with E-state index < -0.39 is 5.91 Å². The first kappa shape index (κ1) is 23.8. The first-order valence-electron chi connectivity index (χ1n) is 8.49. The van der Waals surface area contributed by atoms with Crippen LogP contribution in [0.5, 0.6) is 0 Å². The summed E-state index contributed by atoms with van der Waals surface area (Å²) in [5.41, 5.74) is 6.48. The van der Waals surface area contributed by atoms with E-state index in [4.69, 9.17) is 5.73 Å². The summed E-state index contributed by atoms with van der Waals surface area (Å²) in [6.07, 6.45) is 2.72. The maximum atomic E-state index is 11.8. The Bertz CT molecular complexity index is 807. The average Bonchev–Trinajstić information content (AvgIpc) is 3.08. The molecule has 2 aromatic rings. The number of thiazole rings is 1. The summed E-state index contributed by atoms with van der Waals surface area (Å²) in [5, 5.41) is 10.0. The van der Waals surface area contributed by atoms with Gasteiger partial charge in [0.1, 0.15) is 0 Å². The molecule has 0 aliphatic carbocycles. The number of nitrogens with one attached hydrogen (secondary N) is 3. The molecule has 1 aromatic carbocycles. The van der Waals surface area contributed by atoms with Crippen LogP contribution in [0.25, 0.3) is 0 Å². The molecule has 0 unspecified atom stereocenters. The van der Waals surface area contributed by atoms with E-state index in [1.807, 2.05) is 25.3 Å². The Morgan fingerprint density at radius 3 is 2.46 bits per heavy atom. The lowest BCUT2D eigenvalue weighted by molar-refractivity contribution is -0.117. The van der Waals surface area contributed by atoms with Crippen molar-refractivity contribution in [2.24, 2.45) is 10.7 Å². The number of benzene rings is 1. The van der Waals surface area contributed by atoms with Gasteiger partial charge in [-0.3, -0.25) is 14.6 Å². The van der Waals surface area contributed by atoms with E-state index in [1.165, 1.54) is 4.88 Å². The van der Waals surface area contributed by atoms with E-state index in [-0.39, 0.29) is 36.4 Å². The van der Waals surface area contributed by atoms with E-state index in [0.29, 0.717) is 18.1 Å². The molecule has 1 heterocycles. The highest BCUT2D eigenvalue weighted by Crippen LogP contribution is 2.10. The summed E-state index contributed by atoms with van der Waals surface area (Å²) >= 11 is 1.70. The average molecular weight is 516 g/mol. The van der Waals surface area contributed by atoms with Crippen molar-refractivity contribution in [3.8, 4) is 0 Å². The maximum Gasteiger partial charge on any atom is 0.251 e. The summed E-state index contributed by atoms with van der Waals surface area (Å²) in [5.74, 6) is -0.206. The van der Waals surface area contributed by atoms with Gasteiger partial charge in [0.15, 0.2) is 5.96 Å². The molecule has 0 saturated heterocycles. The minimum absolute atomic E-state index is 0. The molecule has 152 valence electrons. The first-order valence-corrected chi connectivity index (χ1v) is 9.31. The summed E-state index contributed by atoms with van der Waals surface area (Å²) in [4.78, 5) is 32.3. The third-order valence-electron chi connectivity index (χ3n) is 3.62. The lowest BCUT2D eigenvalue weighted by Crippen LogP contribution is -2.37. The number of nitrogens with two attached hydrogens (primary N) is 1. The largest absolute Gasteiger partial charge is 0.368 e. The Morgan fingerprint density at radius 1 is 1.18 bits per heavy atom. The van der Waals surface area contributed by atoms with Crippen LogP contribution in [0.3, 0.4) is 0 Å². The fourth-order valence-electron chi connectivity index (χ4n) is 2.25. The number of halogens is 1. The number of rotatable bonds is 8. The van der Waals surface area contributed by atoms with Gasteiger partial charge in [0.05, 0.1) is 11.6 Å². The van der Waals surface area contributed by atoms with Crippen molar-refractivity contribution in [2.75, 3.05) is 20.1 Å². The number of aliphatic imine (C=N–C) groups is 1. The number of primary amides is 1. The van der Waals surface area contributed by atoms with Crippen LogP contribution in [0.1, 0.15) is 25.8 Å². The number of aryl methyl sites for hydroxylation is 1. The van der Waals surface area contributed by atoms with Crippen LogP contribution in [0.4, 0.5) is 0 Å². The quantitative estimate of drug-likeness (QED) is 0.239. The van der Waals surface area contributed by atoms with E-state index in [1.54, 1.807) is 30.5 Å². The summed E-state index contributed by atoms with van der Waals surface area (Å²) in [6.45, 7) is 3.18. The van der Waals surface area contributed by atoms with Gasteiger partial charge in [-0.25, -0.2) is 4.98 Å². The highest BCUT2D eigenvalue weighted by atomic mass is 127. The van der Waals surface area contributed by atoms with Crippen molar-refractivity contribution in [1.82, 2.24) is 20.9 Å². The van der Waals surface area contributed by atoms with Crippen molar-refractivity contribution in [3.05, 3.63) is 51.5 Å². The van der Waals surface area contributed by atoms with Gasteiger partial charge in [-0.1, -0.05) is 12.1 Å². The first-order chi connectivity index (χ1) is 13.0. The lowest BCUT2D eigenvalue weighted by atomic mass is 10.1. The van der Waals surface area contributed by atoms with E-state index >= 15 is 0 Å². The molecule has 8 nitrogen and oxygen atoms in total. The fourth-order valence-corrected chi connectivity index (χ4v) is 3.04. The Hall–Kier alpha value is -2.21. The molecule has 0 aliphatic rings. The van der Waals surface area contributed by atoms with Crippen LogP contribution in [0.2, 0.25) is 0 Å². The summed E-state index contributed by atoms with van der Waals surface area (Å²) in [6, 6.07) is 7.10. The molecule has 0 bridgehead atoms. The van der Waals surface area contributed by atoms with Crippen molar-refractivity contribution in [3.63, 3.8) is 0 Å². The van der Waals surface area contributed by atoms with Crippen molar-refractivity contribution in [2.45, 2.75) is 19.9 Å². The maximum absolute atomic E-state index is 11.8. The van der Waals surface area contributed by atoms with Gasteiger partial charge < -0.3 is 21.7 Å². The number of hydrogen-bond donors (Lipinski definition) is 4. The van der Waals surface area contributed by atoms with Gasteiger partial charge >= 0.3 is 0 Å². The van der Waals surface area contributed by atoms with Gasteiger partial charge in [0.25, 0.3) is 5.91 Å². The standard InChI is InChI=1S/C18H24N6O2S.HI/c1-12-9-22-16(27-12)7-8-21-18(20-2)24-10-13-3-5-14(6-4-13)17(26)23-11-15(19)25;/h3-6,9H,7-8,10-11H2,1-2H3,(H2,19,25)(H,23,26)(H2,20,21,24);1H. The van der Waals surface area contributed by atoms with Gasteiger partial charge in [-0.2, -0.15) is 0 Å². The Morgan fingerprint density at radius 2 is 1.89 bits per heavy atom. The molecule has 0 fully saturated rings. The van der Waals surface area contributed by atoms with E-state index in [0.717, 1.165) is 23.5 Å². The molecule has 0 saturated carbocycles. The van der Waals surface area contributed by atoms with Crippen molar-refractivity contribution >= 4 is 53.1 Å². The van der Waals surface area contributed by atoms with Gasteiger partial charge in [0, 0.05) is 43.2 Å². The number of amides is 2. The predicted octanol–water partition coefficient (Wildman–Crippen LogP) is 1.19. The van der Waals surface area contributed by atoms with Crippen LogP contribution < -0.4 is 21.7 Å². The zero-order valence-electron chi connectivity index (χ0n) is 15.8. The molecular weight excluding hydrogens is 491 g/mol. The molecule has 0 radical (unpaired) electrons. The topological polar surface area (TPSA) is 122 Å². The lowest BCUT2D eigenvalue weighted by Gasteiger charge is -2.11. The second kappa shape index (κ2) is 12.3. The van der Waals surface area contributed by atoms with Crippen LogP contribution in [0, 0.1) is 6.92 Å². The second-order valence-corrected chi connectivity index (χ2v) is 7.13. The zero-order chi connectivity index (χ0) is 19.6. The van der Waals surface area contributed by atoms with Crippen LogP contribution in [-0.4, -0.2) is 42.9 Å². The normalized spacial score (nSPS) is 10.7. The number of carbonyl (C=O) groups excluding carboxylic acids is 2. The number of hydrogen-bond acceptors (Lipinski definition) is 5. The van der Waals surface area contributed by atoms with Crippen LogP contribution >= 0.6 is 35.3 Å². The molecule has 10 heteroatoms. The Kier molecular flexibility index (Phi) is 10.5. The highest BCUT2D eigenvalue weighted by Gasteiger charge is 2.06. The van der Waals surface area contributed by atoms with Gasteiger partial charge in [0.2, 0.25) is 5.91 Å². The third-order valence-corrected chi connectivity index (χ3v) is 4.60. The molecule has 1 aromatic heterocycles. The van der Waals surface area contributed by atoms with Crippen molar-refractivity contribution < 1.29 is 9.59 Å². The van der Waals surface area contributed by atoms with Crippen molar-refractivity contribution in [1.29, 1.82) is 0 Å². The van der Waals surface area contributed by atoms with Crippen LogP contribution in [-0.2, 0) is 17.8 Å². The number of guanidine groups is 1. The molecule has 0 atom stereocenters. The Balaban J connectivity index is 0.00000392. The van der Waals surface area contributed by atoms with Gasteiger partial charge in [-0.15, -0.1) is 35.3 Å². The molecule has 28 heavy (non-hydrogen) atoms. The number of nitrogens with zero attached hydrogens (tertiary/aromatic N) is 2. The fraction of sp³-hybridized carbons (Fsp3) is 0.333. The molecule has 0 spiro atoms. The highest BCUT2D eigenvalue weighted by molar-refractivity contribution is 14.0. The zero-order valence-corrected chi connectivity index (χ0v) is 19.0. The molecule has 0 aliphatic heterocycles. The molecular formula is C18H25IN6O2S. The Labute approximate surface area is 185 Å². The summed E-state index contributed by atoms with van der Waals surface area (Å²) < 4.78 is 0. The molecule has 5 N–H and O–H groups in total. The summed E-state index contributed by atoms with van der Waals surface area (Å²) in [7, 11) is 1.72. The minimum Gasteiger partial charge on any atom is -0.368 e. The number of carbonyl (C=O) groups is 2.